The van der Waals surface area contributed by atoms with Gasteiger partial charge in [0.1, 0.15) is 0 Å². The van der Waals surface area contributed by atoms with Gasteiger partial charge in [0.15, 0.2) is 0 Å². The van der Waals surface area contributed by atoms with Crippen LogP contribution in [0.3, 0.4) is 0 Å². The normalized spacial score (nSPS) is 10.9. The Morgan fingerprint density at radius 1 is 1.00 bits per heavy atom. The molecule has 0 atom stereocenters. The molecule has 0 spiro atoms. The lowest BCUT2D eigenvalue weighted by Gasteiger charge is -2.10. The van der Waals surface area contributed by atoms with E-state index in [1.165, 1.54) is 5.56 Å². The van der Waals surface area contributed by atoms with Crippen molar-refractivity contribution in [3.8, 4) is 16.8 Å². The van der Waals surface area contributed by atoms with E-state index in [1.807, 2.05) is 35.0 Å². The van der Waals surface area contributed by atoms with E-state index in [-0.39, 0.29) is 5.56 Å². The minimum atomic E-state index is -0.0251. The number of benzene rings is 2. The highest BCUT2D eigenvalue weighted by atomic mass is 16.1. The maximum Gasteiger partial charge on any atom is 0.272 e. The molecule has 3 nitrogen and oxygen atoms in total. The zero-order chi connectivity index (χ0) is 16.2. The van der Waals surface area contributed by atoms with Crippen LogP contribution >= 0.6 is 0 Å². The number of H-pyrrole nitrogens is 1. The number of aromatic amines is 1. The van der Waals surface area contributed by atoms with Crippen LogP contribution in [0.25, 0.3) is 16.8 Å². The number of hydrogen-bond donors (Lipinski definition) is 1. The molecule has 0 fully saturated rings. The van der Waals surface area contributed by atoms with Gasteiger partial charge in [-0.15, -0.1) is 0 Å². The Kier molecular flexibility index (Phi) is 4.47. The first kappa shape index (κ1) is 15.3. The van der Waals surface area contributed by atoms with E-state index >= 15 is 0 Å². The maximum atomic E-state index is 12.6. The highest BCUT2D eigenvalue weighted by Gasteiger charge is 2.17. The van der Waals surface area contributed by atoms with Crippen molar-refractivity contribution in [2.45, 2.75) is 33.1 Å². The van der Waals surface area contributed by atoms with Crippen molar-refractivity contribution in [2.24, 2.45) is 0 Å². The molecule has 1 N–H and O–H groups in total. The third kappa shape index (κ3) is 3.14. The van der Waals surface area contributed by atoms with E-state index in [9.17, 15) is 4.79 Å². The Morgan fingerprint density at radius 2 is 1.70 bits per heavy atom. The van der Waals surface area contributed by atoms with Crippen molar-refractivity contribution in [3.05, 3.63) is 76.2 Å². The molecule has 3 aromatic rings. The van der Waals surface area contributed by atoms with Gasteiger partial charge in [-0.25, -0.2) is 0 Å². The molecule has 1 aromatic heterocycles. The molecule has 0 aliphatic rings. The predicted molar refractivity (Wildman–Crippen MR) is 95.2 cm³/mol. The standard InChI is InChI=1S/C20H22N2O/c1-3-4-10-18-19(16-8-6-5-7-9-16)20(23)21-22(18)17-13-11-15(2)12-14-17/h5-9,11-14H,3-4,10H2,1-2H3,(H,21,23). The molecule has 0 saturated carbocycles. The molecule has 3 heteroatoms. The summed E-state index contributed by atoms with van der Waals surface area (Å²) in [7, 11) is 0. The Hall–Kier alpha value is -2.55. The second kappa shape index (κ2) is 6.69. The zero-order valence-electron chi connectivity index (χ0n) is 13.7. The van der Waals surface area contributed by atoms with E-state index in [1.54, 1.807) is 0 Å². The molecule has 0 bridgehead atoms. The van der Waals surface area contributed by atoms with E-state index in [0.717, 1.165) is 41.8 Å². The topological polar surface area (TPSA) is 37.8 Å². The Bertz CT molecular complexity index is 826. The molecule has 1 heterocycles. The van der Waals surface area contributed by atoms with Crippen LogP contribution < -0.4 is 5.56 Å². The van der Waals surface area contributed by atoms with E-state index in [4.69, 9.17) is 0 Å². The number of aryl methyl sites for hydroxylation is 1. The van der Waals surface area contributed by atoms with Crippen molar-refractivity contribution >= 4 is 0 Å². The second-order valence-corrected chi connectivity index (χ2v) is 5.90. The fraction of sp³-hybridized carbons (Fsp3) is 0.250. The van der Waals surface area contributed by atoms with Crippen molar-refractivity contribution in [2.75, 3.05) is 0 Å². The van der Waals surface area contributed by atoms with Crippen LogP contribution in [-0.4, -0.2) is 9.78 Å². The summed E-state index contributed by atoms with van der Waals surface area (Å²) in [5.41, 5.74) is 5.02. The average molecular weight is 306 g/mol. The van der Waals surface area contributed by atoms with Crippen LogP contribution in [0.15, 0.2) is 59.4 Å². The van der Waals surface area contributed by atoms with Gasteiger partial charge < -0.3 is 0 Å². The van der Waals surface area contributed by atoms with Gasteiger partial charge in [-0.3, -0.25) is 14.6 Å². The fourth-order valence-electron chi connectivity index (χ4n) is 2.87. The number of unbranched alkanes of at least 4 members (excludes halogenated alkanes) is 1. The fourth-order valence-corrected chi connectivity index (χ4v) is 2.87. The Labute approximate surface area is 136 Å². The van der Waals surface area contributed by atoms with E-state index in [0.29, 0.717) is 0 Å². The molecule has 2 aromatic carbocycles. The summed E-state index contributed by atoms with van der Waals surface area (Å²) in [5, 5.41) is 3.02. The van der Waals surface area contributed by atoms with Crippen LogP contribution in [0.1, 0.15) is 31.0 Å². The third-order valence-electron chi connectivity index (χ3n) is 4.12. The molecule has 23 heavy (non-hydrogen) atoms. The van der Waals surface area contributed by atoms with Gasteiger partial charge in [0.05, 0.1) is 16.9 Å². The van der Waals surface area contributed by atoms with Gasteiger partial charge >= 0.3 is 0 Å². The molecule has 118 valence electrons. The van der Waals surface area contributed by atoms with Crippen molar-refractivity contribution < 1.29 is 0 Å². The van der Waals surface area contributed by atoms with Gasteiger partial charge in [0.2, 0.25) is 0 Å². The molecule has 0 amide bonds. The molecular formula is C20H22N2O. The average Bonchev–Trinajstić information content (AvgIpc) is 2.90. The van der Waals surface area contributed by atoms with Gasteiger partial charge in [0, 0.05) is 0 Å². The summed E-state index contributed by atoms with van der Waals surface area (Å²) in [6.45, 7) is 4.23. The van der Waals surface area contributed by atoms with Crippen molar-refractivity contribution in [1.29, 1.82) is 0 Å². The first-order valence-corrected chi connectivity index (χ1v) is 8.17. The van der Waals surface area contributed by atoms with Crippen LogP contribution in [0, 0.1) is 6.92 Å². The van der Waals surface area contributed by atoms with Crippen molar-refractivity contribution in [3.63, 3.8) is 0 Å². The first-order valence-electron chi connectivity index (χ1n) is 8.17. The van der Waals surface area contributed by atoms with Gasteiger partial charge in [-0.1, -0.05) is 61.4 Å². The molecule has 0 radical (unpaired) electrons. The van der Waals surface area contributed by atoms with Crippen molar-refractivity contribution in [1.82, 2.24) is 9.78 Å². The first-order chi connectivity index (χ1) is 11.2. The summed E-state index contributed by atoms with van der Waals surface area (Å²) in [6.07, 6.45) is 3.04. The molecule has 0 aliphatic carbocycles. The monoisotopic (exact) mass is 306 g/mol. The Balaban J connectivity index is 2.17. The predicted octanol–water partition coefficient (Wildman–Crippen LogP) is 4.48. The number of aromatic nitrogens is 2. The summed E-state index contributed by atoms with van der Waals surface area (Å²) in [4.78, 5) is 12.6. The summed E-state index contributed by atoms with van der Waals surface area (Å²) in [6, 6.07) is 18.2. The minimum Gasteiger partial charge on any atom is -0.267 e. The third-order valence-corrected chi connectivity index (χ3v) is 4.12. The molecule has 0 aliphatic heterocycles. The lowest BCUT2D eigenvalue weighted by Crippen LogP contribution is -2.05. The van der Waals surface area contributed by atoms with Crippen LogP contribution in [0.2, 0.25) is 0 Å². The number of nitrogens with zero attached hydrogens (tertiary/aromatic N) is 1. The highest BCUT2D eigenvalue weighted by molar-refractivity contribution is 5.66. The molecule has 0 saturated heterocycles. The Morgan fingerprint density at radius 3 is 2.35 bits per heavy atom. The molecule has 3 rings (SSSR count). The lowest BCUT2D eigenvalue weighted by molar-refractivity contribution is 0.727. The molecule has 0 unspecified atom stereocenters. The second-order valence-electron chi connectivity index (χ2n) is 5.90. The highest BCUT2D eigenvalue weighted by Crippen LogP contribution is 2.24. The maximum absolute atomic E-state index is 12.6. The van der Waals surface area contributed by atoms with Gasteiger partial charge in [-0.05, 0) is 37.5 Å². The minimum absolute atomic E-state index is 0.0251. The summed E-state index contributed by atoms with van der Waals surface area (Å²) in [5.74, 6) is 0. The number of rotatable bonds is 5. The van der Waals surface area contributed by atoms with E-state index in [2.05, 4.69) is 43.2 Å². The molecular weight excluding hydrogens is 284 g/mol. The zero-order valence-corrected chi connectivity index (χ0v) is 13.7. The van der Waals surface area contributed by atoms with Gasteiger partial charge in [0.25, 0.3) is 5.56 Å². The SMILES string of the molecule is CCCCc1c(-c2ccccc2)c(=O)[nH]n1-c1ccc(C)cc1. The largest absolute Gasteiger partial charge is 0.272 e. The number of hydrogen-bond acceptors (Lipinski definition) is 1. The summed E-state index contributed by atoms with van der Waals surface area (Å²) < 4.78 is 1.94. The van der Waals surface area contributed by atoms with Gasteiger partial charge in [-0.2, -0.15) is 0 Å². The quantitative estimate of drug-likeness (QED) is 0.741. The number of nitrogens with one attached hydrogen (secondary N) is 1. The van der Waals surface area contributed by atoms with Crippen LogP contribution in [0.5, 0.6) is 0 Å². The van der Waals surface area contributed by atoms with Crippen LogP contribution in [0.4, 0.5) is 0 Å². The lowest BCUT2D eigenvalue weighted by atomic mass is 10.0. The van der Waals surface area contributed by atoms with Crippen LogP contribution in [-0.2, 0) is 6.42 Å². The smallest absolute Gasteiger partial charge is 0.267 e. The van der Waals surface area contributed by atoms with E-state index < -0.39 is 0 Å². The summed E-state index contributed by atoms with van der Waals surface area (Å²) >= 11 is 0.